The van der Waals surface area contributed by atoms with Crippen molar-refractivity contribution >= 4 is 17.6 Å². The van der Waals surface area contributed by atoms with Crippen molar-refractivity contribution in [3.8, 4) is 5.82 Å². The fourth-order valence-electron chi connectivity index (χ4n) is 1.41. The first-order valence-electron chi connectivity index (χ1n) is 5.56. The Morgan fingerprint density at radius 3 is 2.95 bits per heavy atom. The van der Waals surface area contributed by atoms with Crippen LogP contribution in [0.4, 0.5) is 5.69 Å². The van der Waals surface area contributed by atoms with Crippen molar-refractivity contribution in [2.24, 2.45) is 0 Å². The van der Waals surface area contributed by atoms with Gasteiger partial charge in [-0.3, -0.25) is 4.79 Å². The van der Waals surface area contributed by atoms with E-state index in [4.69, 9.17) is 9.84 Å². The van der Waals surface area contributed by atoms with E-state index in [9.17, 15) is 9.59 Å². The highest BCUT2D eigenvalue weighted by molar-refractivity contribution is 5.93. The Bertz CT molecular complexity index is 599. The molecular formula is C11H11N5O4. The fourth-order valence-corrected chi connectivity index (χ4v) is 1.41. The smallest absolute Gasteiger partial charge is 0.329 e. The lowest BCUT2D eigenvalue weighted by atomic mass is 10.3. The number of ether oxygens (including phenoxy) is 1. The van der Waals surface area contributed by atoms with E-state index in [0.717, 1.165) is 0 Å². The quantitative estimate of drug-likeness (QED) is 0.744. The van der Waals surface area contributed by atoms with Crippen LogP contribution in [0.3, 0.4) is 0 Å². The van der Waals surface area contributed by atoms with Crippen LogP contribution >= 0.6 is 0 Å². The summed E-state index contributed by atoms with van der Waals surface area (Å²) in [5.41, 5.74) is 0.418. The standard InChI is InChI=1S/C11H11N5O4/c17-9(4-20-5-10(18)19)15-8-2-1-3-13-11(8)16-7-12-6-14-16/h1-3,6-7H,4-5H2,(H,15,17)(H,18,19). The van der Waals surface area contributed by atoms with Gasteiger partial charge in [0.05, 0.1) is 5.69 Å². The number of carbonyl (C=O) groups is 2. The molecule has 0 saturated carbocycles. The predicted octanol–water partition coefficient (Wildman–Crippen LogP) is -0.298. The molecule has 104 valence electrons. The molecule has 2 aromatic heterocycles. The van der Waals surface area contributed by atoms with Crippen LogP contribution in [0, 0.1) is 0 Å². The van der Waals surface area contributed by atoms with Crippen LogP contribution in [-0.2, 0) is 14.3 Å². The normalized spacial score (nSPS) is 10.2. The van der Waals surface area contributed by atoms with Crippen molar-refractivity contribution in [2.45, 2.75) is 0 Å². The van der Waals surface area contributed by atoms with E-state index in [0.29, 0.717) is 11.5 Å². The van der Waals surface area contributed by atoms with Crippen molar-refractivity contribution in [3.05, 3.63) is 31.0 Å². The van der Waals surface area contributed by atoms with E-state index in [-0.39, 0.29) is 6.61 Å². The first-order chi connectivity index (χ1) is 9.66. The molecule has 0 saturated heterocycles. The third-order valence-corrected chi connectivity index (χ3v) is 2.16. The van der Waals surface area contributed by atoms with Gasteiger partial charge in [-0.1, -0.05) is 0 Å². The molecule has 2 rings (SSSR count). The molecule has 0 spiro atoms. The van der Waals surface area contributed by atoms with Gasteiger partial charge in [0.1, 0.15) is 25.9 Å². The Morgan fingerprint density at radius 1 is 1.40 bits per heavy atom. The van der Waals surface area contributed by atoms with Crippen molar-refractivity contribution < 1.29 is 19.4 Å². The number of anilines is 1. The average molecular weight is 277 g/mol. The third-order valence-electron chi connectivity index (χ3n) is 2.16. The number of amides is 1. The molecule has 9 heteroatoms. The maximum atomic E-state index is 11.6. The van der Waals surface area contributed by atoms with Crippen molar-refractivity contribution in [3.63, 3.8) is 0 Å². The molecule has 0 bridgehead atoms. The molecule has 0 aromatic carbocycles. The first kappa shape index (κ1) is 13.6. The van der Waals surface area contributed by atoms with Gasteiger partial charge >= 0.3 is 5.97 Å². The Labute approximate surface area is 113 Å². The number of nitrogens with zero attached hydrogens (tertiary/aromatic N) is 4. The highest BCUT2D eigenvalue weighted by Crippen LogP contribution is 2.15. The number of carboxylic acids is 1. The molecule has 2 N–H and O–H groups in total. The summed E-state index contributed by atoms with van der Waals surface area (Å²) in [5, 5.41) is 14.9. The summed E-state index contributed by atoms with van der Waals surface area (Å²) in [6.07, 6.45) is 4.34. The molecule has 0 aliphatic rings. The summed E-state index contributed by atoms with van der Waals surface area (Å²) >= 11 is 0. The molecule has 9 nitrogen and oxygen atoms in total. The van der Waals surface area contributed by atoms with Crippen LogP contribution in [0.2, 0.25) is 0 Å². The van der Waals surface area contributed by atoms with Gasteiger partial charge in [-0.2, -0.15) is 5.10 Å². The van der Waals surface area contributed by atoms with Gasteiger partial charge in [-0.25, -0.2) is 19.4 Å². The van der Waals surface area contributed by atoms with Gasteiger partial charge < -0.3 is 15.2 Å². The van der Waals surface area contributed by atoms with Gasteiger partial charge in [0.2, 0.25) is 5.91 Å². The van der Waals surface area contributed by atoms with E-state index >= 15 is 0 Å². The molecule has 0 radical (unpaired) electrons. The number of hydrogen-bond acceptors (Lipinski definition) is 6. The Balaban J connectivity index is 2.03. The second-order valence-electron chi connectivity index (χ2n) is 3.65. The summed E-state index contributed by atoms with van der Waals surface area (Å²) in [5.74, 6) is -1.22. The highest BCUT2D eigenvalue weighted by atomic mass is 16.5. The summed E-state index contributed by atoms with van der Waals surface area (Å²) in [6, 6.07) is 3.28. The molecular weight excluding hydrogens is 266 g/mol. The molecule has 0 atom stereocenters. The number of carbonyl (C=O) groups excluding carboxylic acids is 1. The van der Waals surface area contributed by atoms with Crippen LogP contribution < -0.4 is 5.32 Å². The summed E-state index contributed by atoms with van der Waals surface area (Å²) in [4.78, 5) is 29.8. The number of carboxylic acid groups (broad SMARTS) is 1. The van der Waals surface area contributed by atoms with E-state index < -0.39 is 18.5 Å². The highest BCUT2D eigenvalue weighted by Gasteiger charge is 2.10. The van der Waals surface area contributed by atoms with E-state index in [1.54, 1.807) is 18.3 Å². The van der Waals surface area contributed by atoms with Gasteiger partial charge in [-0.15, -0.1) is 0 Å². The van der Waals surface area contributed by atoms with Gasteiger partial charge in [0.25, 0.3) is 0 Å². The Morgan fingerprint density at radius 2 is 2.25 bits per heavy atom. The average Bonchev–Trinajstić information content (AvgIpc) is 2.92. The van der Waals surface area contributed by atoms with Crippen LogP contribution in [0.1, 0.15) is 0 Å². The first-order valence-corrected chi connectivity index (χ1v) is 5.56. The second kappa shape index (κ2) is 6.38. The zero-order valence-electron chi connectivity index (χ0n) is 10.3. The predicted molar refractivity (Wildman–Crippen MR) is 66.2 cm³/mol. The molecule has 20 heavy (non-hydrogen) atoms. The van der Waals surface area contributed by atoms with Crippen molar-refractivity contribution in [1.29, 1.82) is 0 Å². The third kappa shape index (κ3) is 3.59. The molecule has 2 aromatic rings. The summed E-state index contributed by atoms with van der Waals surface area (Å²) in [6.45, 7) is -0.894. The fraction of sp³-hybridized carbons (Fsp3) is 0.182. The maximum Gasteiger partial charge on any atom is 0.329 e. The summed E-state index contributed by atoms with van der Waals surface area (Å²) < 4.78 is 6.09. The lowest BCUT2D eigenvalue weighted by molar-refractivity contribution is -0.143. The molecule has 0 aliphatic carbocycles. The lowest BCUT2D eigenvalue weighted by Crippen LogP contribution is -2.21. The number of hydrogen-bond donors (Lipinski definition) is 2. The van der Waals surface area contributed by atoms with Crippen LogP contribution in [0.15, 0.2) is 31.0 Å². The SMILES string of the molecule is O=C(O)COCC(=O)Nc1cccnc1-n1cncn1. The number of aliphatic carboxylic acids is 1. The van der Waals surface area contributed by atoms with Crippen LogP contribution in [0.25, 0.3) is 5.82 Å². The van der Waals surface area contributed by atoms with Gasteiger partial charge in [0, 0.05) is 6.20 Å². The number of pyridine rings is 1. The van der Waals surface area contributed by atoms with Gasteiger partial charge in [-0.05, 0) is 12.1 Å². The van der Waals surface area contributed by atoms with Crippen LogP contribution in [-0.4, -0.2) is 49.9 Å². The lowest BCUT2D eigenvalue weighted by Gasteiger charge is -2.09. The summed E-state index contributed by atoms with van der Waals surface area (Å²) in [7, 11) is 0. The van der Waals surface area contributed by atoms with Crippen molar-refractivity contribution in [2.75, 3.05) is 18.5 Å². The van der Waals surface area contributed by atoms with E-state index in [1.165, 1.54) is 17.3 Å². The molecule has 1 amide bonds. The number of nitrogens with one attached hydrogen (secondary N) is 1. The second-order valence-corrected chi connectivity index (χ2v) is 3.65. The minimum Gasteiger partial charge on any atom is -0.480 e. The zero-order chi connectivity index (χ0) is 14.4. The largest absolute Gasteiger partial charge is 0.480 e. The Kier molecular flexibility index (Phi) is 4.35. The number of rotatable bonds is 6. The monoisotopic (exact) mass is 277 g/mol. The minimum atomic E-state index is -1.14. The van der Waals surface area contributed by atoms with E-state index in [1.807, 2.05) is 0 Å². The molecule has 2 heterocycles. The number of aromatic nitrogens is 4. The van der Waals surface area contributed by atoms with Crippen molar-refractivity contribution in [1.82, 2.24) is 19.7 Å². The molecule has 0 fully saturated rings. The minimum absolute atomic E-state index is 0.363. The Hall–Kier alpha value is -2.81. The zero-order valence-corrected chi connectivity index (χ0v) is 10.3. The molecule has 0 aliphatic heterocycles. The molecule has 0 unspecified atom stereocenters. The maximum absolute atomic E-state index is 11.6. The van der Waals surface area contributed by atoms with Crippen LogP contribution in [0.5, 0.6) is 0 Å². The topological polar surface area (TPSA) is 119 Å². The van der Waals surface area contributed by atoms with Gasteiger partial charge in [0.15, 0.2) is 5.82 Å². The van der Waals surface area contributed by atoms with E-state index in [2.05, 4.69) is 20.4 Å².